The predicted molar refractivity (Wildman–Crippen MR) is 47.0 cm³/mol. The molecule has 11 heavy (non-hydrogen) atoms. The van der Waals surface area contributed by atoms with E-state index in [1.807, 2.05) is 0 Å². The summed E-state index contributed by atoms with van der Waals surface area (Å²) in [4.78, 5) is 0. The molecular formula is C8H19N3. The number of nitrogens with two attached hydrogens (primary N) is 3. The molecule has 3 unspecified atom stereocenters. The zero-order valence-electron chi connectivity index (χ0n) is 7.00. The van der Waals surface area contributed by atoms with Crippen LogP contribution in [0.3, 0.4) is 0 Å². The van der Waals surface area contributed by atoms with Gasteiger partial charge in [0, 0.05) is 18.6 Å². The minimum atomic E-state index is 0.116. The fourth-order valence-corrected chi connectivity index (χ4v) is 1.89. The van der Waals surface area contributed by atoms with Crippen molar-refractivity contribution in [2.24, 2.45) is 23.1 Å². The Hall–Kier alpha value is -0.120. The Morgan fingerprint density at radius 2 is 1.91 bits per heavy atom. The molecule has 1 saturated carbocycles. The van der Waals surface area contributed by atoms with E-state index in [1.165, 1.54) is 19.3 Å². The van der Waals surface area contributed by atoms with E-state index in [2.05, 4.69) is 0 Å². The molecule has 0 spiro atoms. The van der Waals surface area contributed by atoms with Crippen molar-refractivity contribution in [3.8, 4) is 0 Å². The molecule has 0 aromatic heterocycles. The van der Waals surface area contributed by atoms with Gasteiger partial charge in [-0.25, -0.2) is 0 Å². The average Bonchev–Trinajstić information content (AvgIpc) is 2.04. The maximum absolute atomic E-state index is 5.92. The Kier molecular flexibility index (Phi) is 3.30. The Bertz CT molecular complexity index is 112. The van der Waals surface area contributed by atoms with Gasteiger partial charge in [0.15, 0.2) is 0 Å². The molecule has 0 saturated heterocycles. The first-order chi connectivity index (χ1) is 5.25. The van der Waals surface area contributed by atoms with Crippen molar-refractivity contribution in [1.29, 1.82) is 0 Å². The van der Waals surface area contributed by atoms with Gasteiger partial charge in [0.2, 0.25) is 0 Å². The highest BCUT2D eigenvalue weighted by atomic mass is 14.8. The second-order valence-electron chi connectivity index (χ2n) is 3.51. The standard InChI is InChI=1S/C8H19N3/c9-5-8(11)6-3-1-2-4-7(6)10/h6-8H,1-5,9-11H2. The number of rotatable bonds is 2. The van der Waals surface area contributed by atoms with Crippen molar-refractivity contribution in [3.63, 3.8) is 0 Å². The quantitative estimate of drug-likeness (QED) is 0.519. The maximum atomic E-state index is 5.92. The van der Waals surface area contributed by atoms with Crippen LogP contribution in [0.2, 0.25) is 0 Å². The Labute approximate surface area is 68.3 Å². The van der Waals surface area contributed by atoms with Gasteiger partial charge >= 0.3 is 0 Å². The zero-order valence-corrected chi connectivity index (χ0v) is 7.00. The van der Waals surface area contributed by atoms with E-state index in [1.54, 1.807) is 0 Å². The lowest BCUT2D eigenvalue weighted by Gasteiger charge is -2.32. The third kappa shape index (κ3) is 2.15. The highest BCUT2D eigenvalue weighted by Crippen LogP contribution is 2.24. The minimum Gasteiger partial charge on any atom is -0.329 e. The predicted octanol–water partition coefficient (Wildman–Crippen LogP) is -0.210. The van der Waals surface area contributed by atoms with Crippen LogP contribution in [0.25, 0.3) is 0 Å². The first-order valence-corrected chi connectivity index (χ1v) is 4.47. The molecule has 66 valence electrons. The first-order valence-electron chi connectivity index (χ1n) is 4.47. The normalized spacial score (nSPS) is 35.2. The van der Waals surface area contributed by atoms with Gasteiger partial charge in [-0.3, -0.25) is 0 Å². The SMILES string of the molecule is NCC(N)C1CCCCC1N. The molecule has 0 aromatic rings. The van der Waals surface area contributed by atoms with Crippen LogP contribution in [0, 0.1) is 5.92 Å². The third-order valence-corrected chi connectivity index (χ3v) is 2.70. The van der Waals surface area contributed by atoms with Crippen LogP contribution < -0.4 is 17.2 Å². The van der Waals surface area contributed by atoms with E-state index < -0.39 is 0 Å². The van der Waals surface area contributed by atoms with Crippen molar-refractivity contribution >= 4 is 0 Å². The van der Waals surface area contributed by atoms with E-state index in [9.17, 15) is 0 Å². The van der Waals surface area contributed by atoms with Crippen molar-refractivity contribution in [2.75, 3.05) is 6.54 Å². The molecular weight excluding hydrogens is 138 g/mol. The molecule has 0 radical (unpaired) electrons. The molecule has 0 bridgehead atoms. The lowest BCUT2D eigenvalue weighted by Crippen LogP contribution is -2.47. The molecule has 6 N–H and O–H groups in total. The van der Waals surface area contributed by atoms with Gasteiger partial charge in [-0.2, -0.15) is 0 Å². The summed E-state index contributed by atoms with van der Waals surface area (Å²) in [5.41, 5.74) is 17.2. The number of hydrogen-bond donors (Lipinski definition) is 3. The summed E-state index contributed by atoms with van der Waals surface area (Å²) in [6.07, 6.45) is 4.82. The second-order valence-corrected chi connectivity index (χ2v) is 3.51. The van der Waals surface area contributed by atoms with Crippen LogP contribution >= 0.6 is 0 Å². The highest BCUT2D eigenvalue weighted by molar-refractivity contribution is 4.85. The monoisotopic (exact) mass is 157 g/mol. The molecule has 3 nitrogen and oxygen atoms in total. The summed E-state index contributed by atoms with van der Waals surface area (Å²) in [6, 6.07) is 0.410. The second kappa shape index (κ2) is 4.04. The van der Waals surface area contributed by atoms with E-state index in [4.69, 9.17) is 17.2 Å². The van der Waals surface area contributed by atoms with Gasteiger partial charge in [-0.05, 0) is 18.8 Å². The Morgan fingerprint density at radius 1 is 1.27 bits per heavy atom. The fraction of sp³-hybridized carbons (Fsp3) is 1.00. The number of hydrogen-bond acceptors (Lipinski definition) is 3. The van der Waals surface area contributed by atoms with Crippen LogP contribution in [-0.4, -0.2) is 18.6 Å². The van der Waals surface area contributed by atoms with Crippen LogP contribution in [-0.2, 0) is 0 Å². The molecule has 3 heteroatoms. The zero-order chi connectivity index (χ0) is 8.27. The highest BCUT2D eigenvalue weighted by Gasteiger charge is 2.26. The summed E-state index contributed by atoms with van der Waals surface area (Å²) >= 11 is 0. The van der Waals surface area contributed by atoms with Gasteiger partial charge in [0.25, 0.3) is 0 Å². The summed E-state index contributed by atoms with van der Waals surface area (Å²) in [5.74, 6) is 0.466. The maximum Gasteiger partial charge on any atom is 0.0206 e. The van der Waals surface area contributed by atoms with Crippen molar-refractivity contribution in [1.82, 2.24) is 0 Å². The van der Waals surface area contributed by atoms with E-state index in [0.29, 0.717) is 18.5 Å². The lowest BCUT2D eigenvalue weighted by molar-refractivity contribution is 0.266. The summed E-state index contributed by atoms with van der Waals surface area (Å²) in [6.45, 7) is 0.568. The van der Waals surface area contributed by atoms with Gasteiger partial charge in [-0.1, -0.05) is 12.8 Å². The summed E-state index contributed by atoms with van der Waals surface area (Å²) in [7, 11) is 0. The smallest absolute Gasteiger partial charge is 0.0206 e. The van der Waals surface area contributed by atoms with Crippen LogP contribution in [0.15, 0.2) is 0 Å². The molecule has 3 atom stereocenters. The largest absolute Gasteiger partial charge is 0.329 e. The first kappa shape index (κ1) is 8.97. The Morgan fingerprint density at radius 3 is 2.45 bits per heavy atom. The molecule has 0 heterocycles. The van der Waals surface area contributed by atoms with Crippen LogP contribution in [0.4, 0.5) is 0 Å². The van der Waals surface area contributed by atoms with Gasteiger partial charge < -0.3 is 17.2 Å². The third-order valence-electron chi connectivity index (χ3n) is 2.70. The van der Waals surface area contributed by atoms with Gasteiger partial charge in [-0.15, -0.1) is 0 Å². The molecule has 0 amide bonds. The van der Waals surface area contributed by atoms with Crippen molar-refractivity contribution < 1.29 is 0 Å². The van der Waals surface area contributed by atoms with Crippen molar-refractivity contribution in [2.45, 2.75) is 37.8 Å². The molecule has 1 aliphatic carbocycles. The molecule has 0 aromatic carbocycles. The molecule has 1 fully saturated rings. The van der Waals surface area contributed by atoms with E-state index in [-0.39, 0.29) is 6.04 Å². The average molecular weight is 157 g/mol. The van der Waals surface area contributed by atoms with E-state index in [0.717, 1.165) is 6.42 Å². The summed E-state index contributed by atoms with van der Waals surface area (Å²) < 4.78 is 0. The fourth-order valence-electron chi connectivity index (χ4n) is 1.89. The van der Waals surface area contributed by atoms with E-state index >= 15 is 0 Å². The molecule has 1 rings (SSSR count). The van der Waals surface area contributed by atoms with Crippen molar-refractivity contribution in [3.05, 3.63) is 0 Å². The molecule has 0 aliphatic heterocycles. The minimum absolute atomic E-state index is 0.116. The molecule has 1 aliphatic rings. The van der Waals surface area contributed by atoms with Gasteiger partial charge in [0.05, 0.1) is 0 Å². The summed E-state index contributed by atoms with van der Waals surface area (Å²) in [5, 5.41) is 0. The lowest BCUT2D eigenvalue weighted by atomic mass is 9.80. The van der Waals surface area contributed by atoms with Gasteiger partial charge in [0.1, 0.15) is 0 Å². The van der Waals surface area contributed by atoms with Crippen LogP contribution in [0.5, 0.6) is 0 Å². The topological polar surface area (TPSA) is 78.1 Å². The van der Waals surface area contributed by atoms with Crippen LogP contribution in [0.1, 0.15) is 25.7 Å². The Balaban J connectivity index is 2.40.